The van der Waals surface area contributed by atoms with Crippen LogP contribution in [0.3, 0.4) is 0 Å². The zero-order valence-corrected chi connectivity index (χ0v) is 10.9. The normalized spacial score (nSPS) is 11.5. The highest BCUT2D eigenvalue weighted by molar-refractivity contribution is 7.91. The summed E-state index contributed by atoms with van der Waals surface area (Å²) in [6, 6.07) is -1.20. The van der Waals surface area contributed by atoms with Crippen molar-refractivity contribution in [2.45, 2.75) is 18.1 Å². The molecule has 96 valence electrons. The number of carbonyl (C=O) groups excluding carboxylic acids is 1. The Morgan fingerprint density at radius 3 is 2.47 bits per heavy atom. The monoisotopic (exact) mass is 281 g/mol. The Balaban J connectivity index is 3.26. The molecule has 0 aliphatic rings. The Morgan fingerprint density at radius 1 is 1.53 bits per heavy atom. The van der Waals surface area contributed by atoms with E-state index in [0.29, 0.717) is 9.31 Å². The second-order valence-electron chi connectivity index (χ2n) is 3.21. The van der Waals surface area contributed by atoms with Crippen LogP contribution >= 0.6 is 11.3 Å². The largest absolute Gasteiger partial charge is 0.351 e. The third-order valence-electron chi connectivity index (χ3n) is 1.92. The van der Waals surface area contributed by atoms with E-state index in [9.17, 15) is 17.6 Å². The van der Waals surface area contributed by atoms with Gasteiger partial charge in [0.1, 0.15) is 6.67 Å². The Kier molecular flexibility index (Phi) is 4.04. The number of aryl methyl sites for hydroxylation is 2. The minimum absolute atomic E-state index is 0.0812. The van der Waals surface area contributed by atoms with Gasteiger partial charge in [0.2, 0.25) is 0 Å². The van der Waals surface area contributed by atoms with Crippen LogP contribution in [0.25, 0.3) is 0 Å². The van der Waals surface area contributed by atoms with Crippen LogP contribution in [0, 0.1) is 13.8 Å². The number of hydrogen-bond acceptors (Lipinski definition) is 5. The number of urea groups is 1. The fraction of sp³-hybridized carbons (Fsp3) is 0.500. The highest BCUT2D eigenvalue weighted by Gasteiger charge is 2.31. The van der Waals surface area contributed by atoms with Crippen LogP contribution < -0.4 is 5.73 Å². The summed E-state index contributed by atoms with van der Waals surface area (Å²) in [5, 5.41) is 0.547. The van der Waals surface area contributed by atoms with Crippen LogP contribution in [-0.4, -0.2) is 37.0 Å². The topological polar surface area (TPSA) is 93.4 Å². The number of primary amides is 1. The SMILES string of the molecule is Cc1nc(C)c(S(=O)(=O)N(CCF)C(N)=O)s1. The molecule has 1 aromatic rings. The Morgan fingerprint density at radius 2 is 2.12 bits per heavy atom. The Bertz CT molecular complexity index is 526. The highest BCUT2D eigenvalue weighted by Crippen LogP contribution is 2.26. The molecule has 0 radical (unpaired) electrons. The van der Waals surface area contributed by atoms with Crippen LogP contribution in [0.5, 0.6) is 0 Å². The average Bonchev–Trinajstić information content (AvgIpc) is 2.54. The maximum Gasteiger partial charge on any atom is 0.328 e. The average molecular weight is 281 g/mol. The lowest BCUT2D eigenvalue weighted by molar-refractivity contribution is 0.229. The van der Waals surface area contributed by atoms with E-state index in [1.165, 1.54) is 6.92 Å². The number of alkyl halides is 1. The predicted molar refractivity (Wildman–Crippen MR) is 61.0 cm³/mol. The van der Waals surface area contributed by atoms with Gasteiger partial charge < -0.3 is 5.73 Å². The van der Waals surface area contributed by atoms with Gasteiger partial charge in [-0.05, 0) is 13.8 Å². The zero-order chi connectivity index (χ0) is 13.2. The number of amides is 2. The van der Waals surface area contributed by atoms with Crippen molar-refractivity contribution in [3.05, 3.63) is 10.7 Å². The first-order valence-electron chi connectivity index (χ1n) is 4.63. The van der Waals surface area contributed by atoms with Gasteiger partial charge in [-0.3, -0.25) is 0 Å². The van der Waals surface area contributed by atoms with E-state index in [4.69, 9.17) is 5.73 Å². The molecule has 2 amide bonds. The number of halogens is 1. The standard InChI is InChI=1S/C8H12FN3O3S2/c1-5-7(16-6(2)11-5)17(14,15)12(4-3-9)8(10)13/h3-4H2,1-2H3,(H2,10,13). The number of carbonyl (C=O) groups is 1. The summed E-state index contributed by atoms with van der Waals surface area (Å²) in [5.74, 6) is 0. The predicted octanol–water partition coefficient (Wildman–Crippen LogP) is 0.799. The maximum atomic E-state index is 12.2. The minimum Gasteiger partial charge on any atom is -0.351 e. The fourth-order valence-electron chi connectivity index (χ4n) is 1.28. The summed E-state index contributed by atoms with van der Waals surface area (Å²) < 4.78 is 36.5. The van der Waals surface area contributed by atoms with E-state index in [1.54, 1.807) is 6.92 Å². The number of hydrogen-bond donors (Lipinski definition) is 1. The van der Waals surface area contributed by atoms with E-state index in [0.717, 1.165) is 11.3 Å². The van der Waals surface area contributed by atoms with Gasteiger partial charge in [0, 0.05) is 0 Å². The molecule has 1 aromatic heterocycles. The molecule has 9 heteroatoms. The Hall–Kier alpha value is -1.22. The number of aromatic nitrogens is 1. The van der Waals surface area contributed by atoms with Gasteiger partial charge in [-0.15, -0.1) is 11.3 Å². The molecule has 0 atom stereocenters. The summed E-state index contributed by atoms with van der Waals surface area (Å²) in [6.07, 6.45) is 0. The molecule has 17 heavy (non-hydrogen) atoms. The van der Waals surface area contributed by atoms with Gasteiger partial charge in [0.05, 0.1) is 17.2 Å². The molecule has 0 saturated heterocycles. The van der Waals surface area contributed by atoms with Crippen molar-refractivity contribution in [1.82, 2.24) is 9.29 Å². The summed E-state index contributed by atoms with van der Waals surface area (Å²) >= 11 is 0.922. The second-order valence-corrected chi connectivity index (χ2v) is 6.47. The lowest BCUT2D eigenvalue weighted by atomic mass is 10.6. The second kappa shape index (κ2) is 4.96. The van der Waals surface area contributed by atoms with Gasteiger partial charge in [0.15, 0.2) is 4.21 Å². The van der Waals surface area contributed by atoms with Crippen molar-refractivity contribution in [3.8, 4) is 0 Å². The molecule has 0 saturated carbocycles. The van der Waals surface area contributed by atoms with E-state index in [2.05, 4.69) is 4.98 Å². The van der Waals surface area contributed by atoms with Crippen LogP contribution in [-0.2, 0) is 10.0 Å². The van der Waals surface area contributed by atoms with E-state index < -0.39 is 29.3 Å². The first-order valence-corrected chi connectivity index (χ1v) is 6.88. The highest BCUT2D eigenvalue weighted by atomic mass is 32.2. The van der Waals surface area contributed by atoms with E-state index in [1.807, 2.05) is 0 Å². The molecular formula is C8H12FN3O3S2. The number of nitrogens with zero attached hydrogens (tertiary/aromatic N) is 2. The number of sulfonamides is 1. The minimum atomic E-state index is -4.10. The molecule has 0 bridgehead atoms. The van der Waals surface area contributed by atoms with Crippen molar-refractivity contribution in [2.24, 2.45) is 5.73 Å². The quantitative estimate of drug-likeness (QED) is 0.883. The van der Waals surface area contributed by atoms with Crippen LogP contribution in [0.1, 0.15) is 10.7 Å². The molecule has 0 unspecified atom stereocenters. The van der Waals surface area contributed by atoms with Crippen LogP contribution in [0.4, 0.5) is 9.18 Å². The fourth-order valence-corrected chi connectivity index (χ4v) is 4.14. The molecule has 1 rings (SSSR count). The smallest absolute Gasteiger partial charge is 0.328 e. The molecule has 0 aliphatic carbocycles. The van der Waals surface area contributed by atoms with Gasteiger partial charge in [-0.25, -0.2) is 18.5 Å². The number of nitrogens with two attached hydrogens (primary N) is 1. The zero-order valence-electron chi connectivity index (χ0n) is 9.31. The summed E-state index contributed by atoms with van der Waals surface area (Å²) in [7, 11) is -4.10. The third kappa shape index (κ3) is 2.72. The van der Waals surface area contributed by atoms with Crippen molar-refractivity contribution < 1.29 is 17.6 Å². The van der Waals surface area contributed by atoms with Crippen molar-refractivity contribution in [1.29, 1.82) is 0 Å². The summed E-state index contributed by atoms with van der Waals surface area (Å²) in [5.41, 5.74) is 5.20. The molecular weight excluding hydrogens is 269 g/mol. The van der Waals surface area contributed by atoms with E-state index >= 15 is 0 Å². The summed E-state index contributed by atoms with van der Waals surface area (Å²) in [4.78, 5) is 15.0. The molecule has 6 nitrogen and oxygen atoms in total. The molecule has 0 fully saturated rings. The first-order chi connectivity index (χ1) is 7.80. The van der Waals surface area contributed by atoms with Crippen molar-refractivity contribution >= 4 is 27.4 Å². The van der Waals surface area contributed by atoms with Crippen LogP contribution in [0.15, 0.2) is 4.21 Å². The molecule has 0 aliphatic heterocycles. The van der Waals surface area contributed by atoms with E-state index in [-0.39, 0.29) is 9.90 Å². The third-order valence-corrected chi connectivity index (χ3v) is 5.37. The lowest BCUT2D eigenvalue weighted by Gasteiger charge is -2.17. The molecule has 0 aromatic carbocycles. The van der Waals surface area contributed by atoms with Crippen LogP contribution in [0.2, 0.25) is 0 Å². The Labute approximate surface area is 102 Å². The molecule has 0 spiro atoms. The number of thiazole rings is 1. The molecule has 1 heterocycles. The number of rotatable bonds is 4. The lowest BCUT2D eigenvalue weighted by Crippen LogP contribution is -2.41. The van der Waals surface area contributed by atoms with Gasteiger partial charge >= 0.3 is 6.03 Å². The van der Waals surface area contributed by atoms with Gasteiger partial charge in [0.25, 0.3) is 10.0 Å². The van der Waals surface area contributed by atoms with Crippen molar-refractivity contribution in [2.75, 3.05) is 13.2 Å². The summed E-state index contributed by atoms with van der Waals surface area (Å²) in [6.45, 7) is 1.57. The van der Waals surface area contributed by atoms with Gasteiger partial charge in [-0.2, -0.15) is 8.42 Å². The van der Waals surface area contributed by atoms with Gasteiger partial charge in [-0.1, -0.05) is 0 Å². The van der Waals surface area contributed by atoms with Crippen molar-refractivity contribution in [3.63, 3.8) is 0 Å². The maximum absolute atomic E-state index is 12.2. The first kappa shape index (κ1) is 13.8. The molecule has 2 N–H and O–H groups in total.